The molecule has 8 heterocycles. The monoisotopic (exact) mass is 1870 g/mol. The average Bonchev–Trinajstić information content (AvgIpc) is 0.677. The Labute approximate surface area is 752 Å². The van der Waals surface area contributed by atoms with E-state index in [1.165, 1.54) is 32.9 Å². The van der Waals surface area contributed by atoms with E-state index < -0.39 is 348 Å². The molecule has 742 valence electrons. The molecule has 0 amide bonds. The summed E-state index contributed by atoms with van der Waals surface area (Å²) < 4.78 is 115. The highest BCUT2D eigenvalue weighted by molar-refractivity contribution is 5.88. The second-order valence-corrected chi connectivity index (χ2v) is 40.2. The fourth-order valence-corrected chi connectivity index (χ4v) is 22.6. The number of allylic oxidation sites excluding steroid dienone is 2. The van der Waals surface area contributed by atoms with E-state index >= 15 is 4.79 Å². The van der Waals surface area contributed by atoms with Gasteiger partial charge in [0.2, 0.25) is 6.29 Å². The summed E-state index contributed by atoms with van der Waals surface area (Å²) in [4.78, 5) is 54.7. The van der Waals surface area contributed by atoms with Crippen molar-refractivity contribution in [3.05, 3.63) is 36.0 Å². The van der Waals surface area contributed by atoms with E-state index in [0.29, 0.717) is 32.1 Å². The Kier molecular flexibility index (Phi) is 32.6. The van der Waals surface area contributed by atoms with Gasteiger partial charge in [0.05, 0.1) is 82.4 Å². The van der Waals surface area contributed by atoms with E-state index in [1.807, 2.05) is 27.7 Å². The number of carbonyl (C=O) groups excluding carboxylic acids is 4. The van der Waals surface area contributed by atoms with Crippen LogP contribution in [0.3, 0.4) is 0 Å². The summed E-state index contributed by atoms with van der Waals surface area (Å²) in [5.74, 6) is -7.41. The summed E-state index contributed by atoms with van der Waals surface area (Å²) in [7, 11) is 0. The fraction of sp³-hybridized carbons (Fsp3) is 0.886. The van der Waals surface area contributed by atoms with Crippen molar-refractivity contribution in [2.45, 2.75) is 374 Å². The van der Waals surface area contributed by atoms with Crippen molar-refractivity contribution in [1.82, 2.24) is 0 Å². The molecule has 0 aromatic carbocycles. The SMILES string of the molecule is C=CC(C)(O)CC/C=C(\C)C(=O)OC1C(O)C(CO)OC(OC(=O)C23CCC(C)(C)CC2C2=CCC4C(C)(CCC5C(C)(C)C(OC6OC(COC7OCC(OC(C)=O)C(O)C7OC7OC(COC(C)=O)C(O)C(O)C7O)C(O)C(O)C6OC6OCC(O)C(O)C6O)CCC54C)C2C(O)C3O)C1OC1OCC(OC2OCC(O)C(OC3OCC(C)C(O)C3O)C2O)C(O)C1C. The van der Waals surface area contributed by atoms with Gasteiger partial charge >= 0.3 is 23.9 Å². The van der Waals surface area contributed by atoms with E-state index in [0.717, 1.165) is 19.4 Å². The van der Waals surface area contributed by atoms with Crippen molar-refractivity contribution in [3.8, 4) is 0 Å². The maximum absolute atomic E-state index is 16.3. The zero-order valence-electron chi connectivity index (χ0n) is 75.3. The van der Waals surface area contributed by atoms with Crippen LogP contribution in [0.15, 0.2) is 36.0 Å². The number of hydrogen-bond acceptors (Lipinski definition) is 42. The van der Waals surface area contributed by atoms with Crippen LogP contribution in [0, 0.1) is 62.6 Å². The van der Waals surface area contributed by atoms with Crippen LogP contribution in [-0.4, -0.2) is 401 Å². The van der Waals surface area contributed by atoms with Crippen LogP contribution in [0.25, 0.3) is 0 Å². The van der Waals surface area contributed by atoms with Gasteiger partial charge in [-0.05, 0) is 117 Å². The van der Waals surface area contributed by atoms with E-state index in [2.05, 4.69) is 26.5 Å². The van der Waals surface area contributed by atoms with Crippen LogP contribution < -0.4 is 0 Å². The molecule has 0 spiro atoms. The lowest BCUT2D eigenvalue weighted by Crippen LogP contribution is -2.70. The molecule has 8 aliphatic heterocycles. The second kappa shape index (κ2) is 41.0. The smallest absolute Gasteiger partial charge is 0.333 e. The third kappa shape index (κ3) is 20.5. The summed E-state index contributed by atoms with van der Waals surface area (Å²) in [6, 6.07) is 0. The molecule has 0 bridgehead atoms. The molecule has 0 radical (unpaired) electrons. The van der Waals surface area contributed by atoms with Gasteiger partial charge in [0, 0.05) is 37.2 Å². The summed E-state index contributed by atoms with van der Waals surface area (Å²) in [5.41, 5.74) is -5.32. The Balaban J connectivity index is 0.749. The second-order valence-electron chi connectivity index (χ2n) is 40.2. The van der Waals surface area contributed by atoms with Crippen LogP contribution in [-0.2, 0) is 109 Å². The predicted octanol–water partition coefficient (Wildman–Crippen LogP) is -4.09. The molecule has 8 saturated heterocycles. The molecule has 19 N–H and O–H groups in total. The molecule has 42 heteroatoms. The van der Waals surface area contributed by atoms with Gasteiger partial charge in [-0.1, -0.05) is 79.2 Å². The minimum absolute atomic E-state index is 0.00142. The molecule has 46 unspecified atom stereocenters. The first-order valence-electron chi connectivity index (χ1n) is 45.3. The van der Waals surface area contributed by atoms with Crippen LogP contribution >= 0.6 is 0 Å². The maximum Gasteiger partial charge on any atom is 0.333 e. The van der Waals surface area contributed by atoms with Gasteiger partial charge in [0.15, 0.2) is 62.3 Å². The van der Waals surface area contributed by atoms with Crippen molar-refractivity contribution in [2.24, 2.45) is 62.6 Å². The lowest BCUT2D eigenvalue weighted by Gasteiger charge is -2.69. The predicted molar refractivity (Wildman–Crippen MR) is 435 cm³/mol. The van der Waals surface area contributed by atoms with Gasteiger partial charge in [-0.2, -0.15) is 0 Å². The summed E-state index contributed by atoms with van der Waals surface area (Å²) in [6.45, 7) is 19.9. The van der Waals surface area contributed by atoms with E-state index in [-0.39, 0.29) is 56.1 Å². The van der Waals surface area contributed by atoms with Gasteiger partial charge < -0.3 is 187 Å². The Morgan fingerprint density at radius 1 is 0.500 bits per heavy atom. The number of aliphatic hydroxyl groups excluding tert-OH is 18. The molecule has 5 aliphatic carbocycles. The third-order valence-electron chi connectivity index (χ3n) is 30.5. The molecule has 46 atom stereocenters. The number of carbonyl (C=O) groups is 4. The summed E-state index contributed by atoms with van der Waals surface area (Å²) in [5, 5.41) is 218. The van der Waals surface area contributed by atoms with Crippen molar-refractivity contribution in [2.75, 3.05) is 52.9 Å². The lowest BCUT2D eigenvalue weighted by atomic mass is 9.36. The van der Waals surface area contributed by atoms with Crippen LogP contribution in [0.4, 0.5) is 0 Å². The zero-order chi connectivity index (χ0) is 95.0. The highest BCUT2D eigenvalue weighted by Crippen LogP contribution is 2.73. The number of rotatable bonds is 27. The van der Waals surface area contributed by atoms with Crippen LogP contribution in [0.5, 0.6) is 0 Å². The minimum Gasteiger partial charge on any atom is -0.463 e. The van der Waals surface area contributed by atoms with E-state index in [9.17, 15) is 111 Å². The molecule has 130 heavy (non-hydrogen) atoms. The van der Waals surface area contributed by atoms with Crippen molar-refractivity contribution in [3.63, 3.8) is 0 Å². The Morgan fingerprint density at radius 3 is 1.75 bits per heavy atom. The zero-order valence-corrected chi connectivity index (χ0v) is 75.3. The topological polar surface area (TPSA) is 628 Å². The first kappa shape index (κ1) is 103. The molecule has 0 aromatic rings. The van der Waals surface area contributed by atoms with Gasteiger partial charge in [0.1, 0.15) is 134 Å². The molecule has 13 aliphatic rings. The molecule has 4 saturated carbocycles. The number of hydrogen-bond donors (Lipinski definition) is 19. The molecule has 42 nitrogen and oxygen atoms in total. The molecule has 12 fully saturated rings. The highest BCUT2D eigenvalue weighted by Gasteiger charge is 2.72. The van der Waals surface area contributed by atoms with Crippen LogP contribution in [0.2, 0.25) is 0 Å². The first-order valence-corrected chi connectivity index (χ1v) is 45.3. The number of fused-ring (bicyclic) bond motifs is 7. The number of ether oxygens (including phenoxy) is 19. The largest absolute Gasteiger partial charge is 0.463 e. The normalized spacial score (nSPS) is 49.0. The average molecular weight is 1870 g/mol. The fourth-order valence-electron chi connectivity index (χ4n) is 22.6. The third-order valence-corrected chi connectivity index (χ3v) is 30.5. The van der Waals surface area contributed by atoms with Gasteiger partial charge in [-0.25, -0.2) is 4.79 Å². The van der Waals surface area contributed by atoms with Crippen LogP contribution in [0.1, 0.15) is 147 Å². The number of aliphatic hydroxyl groups is 19. The highest BCUT2D eigenvalue weighted by atomic mass is 16.8. The Hall–Kier alpha value is -4.26. The summed E-state index contributed by atoms with van der Waals surface area (Å²) in [6.07, 6.45) is -52.9. The molecule has 0 aromatic heterocycles. The lowest BCUT2D eigenvalue weighted by molar-refractivity contribution is -0.379. The minimum atomic E-state index is -2.04. The Morgan fingerprint density at radius 2 is 1.08 bits per heavy atom. The summed E-state index contributed by atoms with van der Waals surface area (Å²) >= 11 is 0. The van der Waals surface area contributed by atoms with Crippen molar-refractivity contribution < 1.29 is 206 Å². The van der Waals surface area contributed by atoms with Crippen molar-refractivity contribution in [1.29, 1.82) is 0 Å². The van der Waals surface area contributed by atoms with Gasteiger partial charge in [-0.15, -0.1) is 6.58 Å². The van der Waals surface area contributed by atoms with E-state index in [1.54, 1.807) is 6.92 Å². The van der Waals surface area contributed by atoms with E-state index in [4.69, 9.17) is 90.0 Å². The quantitative estimate of drug-likeness (QED) is 0.0122. The molecule has 13 rings (SSSR count). The Bertz CT molecular complexity index is 3910. The molecular weight excluding hydrogens is 1730 g/mol. The van der Waals surface area contributed by atoms with Crippen molar-refractivity contribution >= 4 is 23.9 Å². The maximum atomic E-state index is 16.3. The number of esters is 4. The first-order chi connectivity index (χ1) is 61.0. The van der Waals surface area contributed by atoms with Gasteiger partial charge in [0.25, 0.3) is 0 Å². The standard InChI is InChI=1S/C88H138O42/c1-14-85(11,111)21-15-16-35(2)73(109)125-68-58(99)44(27-89)120-81(71(68)129-74-37(4)54(95)45(32-116-74)121-77-66(107)67(43(93)30-115-77)126-75-63(104)53(94)36(3)28-113-75)130-82(110)88-25-24-83(7,8)26-41(88)40-17-18-50-86(12)23-20-51(84(9,10)49(86)19-22-87(50,13)52(40)60(101)72(88)108)124-80-70(127-76-64(105)55(96)42(92)29-114-76)62(103)57(98)47(123-80)33-117-79-69(59(100)48(34-118-79)119-39(6)91)128-78-65(106)61(102)56(97)46(122-78)31-112-38(5)90/h14,16-17,36-37,41-72,74-81,89,92-108,111H,1,15,18-34H2,2-13H3/b35-16+. The molecular formula is C88H138O42. The van der Waals surface area contributed by atoms with Gasteiger partial charge in [-0.3, -0.25) is 14.4 Å².